The largest absolute Gasteiger partial charge is 0.460 e. The van der Waals surface area contributed by atoms with Gasteiger partial charge in [0.15, 0.2) is 0 Å². The van der Waals surface area contributed by atoms with Gasteiger partial charge in [-0.15, -0.1) is 0 Å². The lowest BCUT2D eigenvalue weighted by Crippen LogP contribution is -2.51. The molecule has 0 N–H and O–H groups in total. The van der Waals surface area contributed by atoms with Crippen LogP contribution >= 0.6 is 10.9 Å². The van der Waals surface area contributed by atoms with E-state index in [9.17, 15) is 30.7 Å². The molecule has 0 amide bonds. The van der Waals surface area contributed by atoms with Crippen molar-refractivity contribution < 1.29 is 30.7 Å². The van der Waals surface area contributed by atoms with Crippen molar-refractivity contribution in [3.05, 3.63) is 6.26 Å². The fourth-order valence-electron chi connectivity index (χ4n) is 0.859. The smallest absolute Gasteiger partial charge is 0.189 e. The summed E-state index contributed by atoms with van der Waals surface area (Å²) in [5.41, 5.74) is 0. The van der Waals surface area contributed by atoms with Gasteiger partial charge in [0.25, 0.3) is 0 Å². The van der Waals surface area contributed by atoms with E-state index in [1.54, 1.807) is 6.92 Å². The van der Waals surface area contributed by atoms with Crippen LogP contribution in [0.5, 0.6) is 0 Å². The van der Waals surface area contributed by atoms with Crippen LogP contribution in [0, 0.1) is 6.26 Å². The molecule has 0 spiro atoms. The van der Waals surface area contributed by atoms with Crippen LogP contribution in [0.1, 0.15) is 19.8 Å². The molecule has 1 unspecified atom stereocenters. The van der Waals surface area contributed by atoms with Gasteiger partial charge >= 0.3 is 17.4 Å². The third-order valence-corrected chi connectivity index (χ3v) is 3.84. The summed E-state index contributed by atoms with van der Waals surface area (Å²) in [5.74, 6) is -6.42. The monoisotopic (exact) mass is 273 g/mol. The molecule has 0 heterocycles. The fraction of sp³-hybridized carbons (Fsp3) is 0.875. The van der Waals surface area contributed by atoms with Gasteiger partial charge < -0.3 is 0 Å². The second-order valence-corrected chi connectivity index (χ2v) is 5.32. The maximum absolute atomic E-state index is 12.9. The van der Waals surface area contributed by atoms with E-state index in [1.807, 2.05) is 0 Å². The lowest BCUT2D eigenvalue weighted by molar-refractivity contribution is -0.330. The third kappa shape index (κ3) is 2.95. The van der Waals surface area contributed by atoms with E-state index in [-0.39, 0.29) is 6.42 Å². The Labute approximate surface area is 91.5 Å². The van der Waals surface area contributed by atoms with Gasteiger partial charge in [0.05, 0.1) is 0 Å². The average Bonchev–Trinajstić information content (AvgIpc) is 2.11. The van der Waals surface area contributed by atoms with Crippen LogP contribution in [0.2, 0.25) is 0 Å². The normalized spacial score (nSPS) is 17.4. The molecular weight excluding hydrogens is 261 g/mol. The van der Waals surface area contributed by atoms with Gasteiger partial charge in [-0.25, -0.2) is 0 Å². The SMILES string of the molecule is [CH2][SH](CCCC)C(F)(F)C(F)(F)C(F)(F)F. The van der Waals surface area contributed by atoms with E-state index >= 15 is 0 Å². The molecule has 1 atom stereocenters. The van der Waals surface area contributed by atoms with Crippen molar-refractivity contribution >= 4 is 10.9 Å². The van der Waals surface area contributed by atoms with Gasteiger partial charge in [0.1, 0.15) is 0 Å². The number of thiol groups is 1. The summed E-state index contributed by atoms with van der Waals surface area (Å²) in [5, 5.41) is -5.12. The second kappa shape index (κ2) is 5.01. The Morgan fingerprint density at radius 3 is 1.75 bits per heavy atom. The molecule has 0 rings (SSSR count). The van der Waals surface area contributed by atoms with Crippen LogP contribution in [0.25, 0.3) is 0 Å². The Hall–Kier alpha value is -0.140. The minimum absolute atomic E-state index is 0.152. The lowest BCUT2D eigenvalue weighted by atomic mass is 10.3. The van der Waals surface area contributed by atoms with Crippen molar-refractivity contribution in [3.8, 4) is 0 Å². The molecule has 0 aliphatic heterocycles. The Morgan fingerprint density at radius 1 is 1.00 bits per heavy atom. The molecule has 0 saturated heterocycles. The fourth-order valence-corrected chi connectivity index (χ4v) is 2.36. The molecule has 0 fully saturated rings. The Balaban J connectivity index is 4.89. The highest BCUT2D eigenvalue weighted by atomic mass is 32.2. The maximum atomic E-state index is 12.9. The lowest BCUT2D eigenvalue weighted by Gasteiger charge is -2.34. The van der Waals surface area contributed by atoms with Gasteiger partial charge in [-0.1, -0.05) is 13.3 Å². The first-order valence-corrected chi connectivity index (χ1v) is 6.10. The molecule has 99 valence electrons. The predicted octanol–water partition coefficient (Wildman–Crippen LogP) is 4.37. The van der Waals surface area contributed by atoms with Crippen molar-refractivity contribution in [1.29, 1.82) is 0 Å². The molecule has 16 heavy (non-hydrogen) atoms. The number of hydrogen-bond donors (Lipinski definition) is 1. The Morgan fingerprint density at radius 2 is 1.44 bits per heavy atom. The van der Waals surface area contributed by atoms with Crippen molar-refractivity contribution in [1.82, 2.24) is 0 Å². The molecule has 0 nitrogen and oxygen atoms in total. The standard InChI is InChI=1S/C8H12F7S/c1-3-4-5-16(2)8(14,15)6(9,10)7(11,12)13/h16H,2-5H2,1H3. The molecule has 0 aromatic carbocycles. The van der Waals surface area contributed by atoms with E-state index in [2.05, 4.69) is 6.26 Å². The molecule has 0 bridgehead atoms. The van der Waals surface area contributed by atoms with Crippen molar-refractivity contribution in [3.63, 3.8) is 0 Å². The first kappa shape index (κ1) is 15.9. The zero-order valence-corrected chi connectivity index (χ0v) is 9.32. The van der Waals surface area contributed by atoms with Gasteiger partial charge in [-0.05, 0) is 18.4 Å². The van der Waals surface area contributed by atoms with Gasteiger partial charge in [-0.2, -0.15) is 41.6 Å². The van der Waals surface area contributed by atoms with Crippen LogP contribution in [0.3, 0.4) is 0 Å². The summed E-state index contributed by atoms with van der Waals surface area (Å²) in [6.07, 6.45) is -2.90. The zero-order chi connectivity index (χ0) is 13.2. The second-order valence-electron chi connectivity index (χ2n) is 3.23. The molecule has 0 aromatic rings. The third-order valence-electron chi connectivity index (χ3n) is 1.91. The topological polar surface area (TPSA) is 0 Å². The highest BCUT2D eigenvalue weighted by molar-refractivity contribution is 8.19. The van der Waals surface area contributed by atoms with E-state index in [4.69, 9.17) is 0 Å². The summed E-state index contributed by atoms with van der Waals surface area (Å²) >= 11 is 0. The van der Waals surface area contributed by atoms with Gasteiger partial charge in [0, 0.05) is 0 Å². The van der Waals surface area contributed by atoms with Crippen LogP contribution in [-0.2, 0) is 0 Å². The van der Waals surface area contributed by atoms with Crippen molar-refractivity contribution in [2.24, 2.45) is 0 Å². The predicted molar refractivity (Wildman–Crippen MR) is 50.1 cm³/mol. The highest BCUT2D eigenvalue weighted by Gasteiger charge is 2.73. The zero-order valence-electron chi connectivity index (χ0n) is 8.42. The number of rotatable bonds is 5. The summed E-state index contributed by atoms with van der Waals surface area (Å²) in [4.78, 5) is 0. The minimum atomic E-state index is -6.25. The van der Waals surface area contributed by atoms with Gasteiger partial charge in [-0.3, -0.25) is 0 Å². The summed E-state index contributed by atoms with van der Waals surface area (Å²) in [7, 11) is -2.94. The number of alkyl halides is 7. The highest BCUT2D eigenvalue weighted by Crippen LogP contribution is 2.57. The number of halogens is 7. The molecule has 0 aromatic heterocycles. The average molecular weight is 273 g/mol. The number of hydrogen-bond acceptors (Lipinski definition) is 0. The van der Waals surface area contributed by atoms with Crippen molar-refractivity contribution in [2.45, 2.75) is 37.1 Å². The molecule has 1 radical (unpaired) electrons. The van der Waals surface area contributed by atoms with Crippen LogP contribution < -0.4 is 0 Å². The first-order valence-electron chi connectivity index (χ1n) is 4.39. The quantitative estimate of drug-likeness (QED) is 0.558. The number of unbranched alkanes of at least 4 members (excludes halogenated alkanes) is 1. The molecule has 0 saturated carbocycles. The van der Waals surface area contributed by atoms with E-state index in [1.165, 1.54) is 0 Å². The molecule has 0 aliphatic carbocycles. The minimum Gasteiger partial charge on any atom is -0.189 e. The van der Waals surface area contributed by atoms with Crippen LogP contribution in [0.4, 0.5) is 30.7 Å². The Kier molecular flexibility index (Phi) is 4.97. The summed E-state index contributed by atoms with van der Waals surface area (Å²) in [6.45, 7) is 1.61. The molecule has 8 heteroatoms. The summed E-state index contributed by atoms with van der Waals surface area (Å²) in [6, 6.07) is 0. The summed E-state index contributed by atoms with van der Waals surface area (Å²) < 4.78 is 86.1. The first-order chi connectivity index (χ1) is 6.98. The Bertz CT molecular complexity index is 223. The van der Waals surface area contributed by atoms with Gasteiger partial charge in [0.2, 0.25) is 0 Å². The molecule has 0 aliphatic rings. The van der Waals surface area contributed by atoms with Crippen LogP contribution in [0.15, 0.2) is 0 Å². The van der Waals surface area contributed by atoms with E-state index in [0.29, 0.717) is 6.42 Å². The van der Waals surface area contributed by atoms with Crippen LogP contribution in [-0.4, -0.2) is 23.1 Å². The maximum Gasteiger partial charge on any atom is 0.460 e. The van der Waals surface area contributed by atoms with E-state index in [0.717, 1.165) is 0 Å². The molecular formula is C8H12F7S. The van der Waals surface area contributed by atoms with E-state index < -0.39 is 34.0 Å². The van der Waals surface area contributed by atoms with Crippen molar-refractivity contribution in [2.75, 3.05) is 5.75 Å².